The lowest BCUT2D eigenvalue weighted by Crippen LogP contribution is -2.07. The van der Waals surface area contributed by atoms with E-state index in [1.165, 1.54) is 12.1 Å². The van der Waals surface area contributed by atoms with Crippen molar-refractivity contribution in [3.8, 4) is 0 Å². The molecule has 0 N–H and O–H groups in total. The van der Waals surface area contributed by atoms with Crippen LogP contribution in [0.1, 0.15) is 17.6 Å². The fourth-order valence-electron chi connectivity index (χ4n) is 0.945. The number of rotatable bonds is 2. The summed E-state index contributed by atoms with van der Waals surface area (Å²) in [4.78, 5) is -3.40. The summed E-state index contributed by atoms with van der Waals surface area (Å²) < 4.78 is 49.7. The van der Waals surface area contributed by atoms with Crippen molar-refractivity contribution in [2.45, 2.75) is 11.3 Å². The molecule has 0 aliphatic heterocycles. The molecule has 1 aromatic carbocycles. The van der Waals surface area contributed by atoms with Crippen molar-refractivity contribution < 1.29 is 17.6 Å². The third-order valence-electron chi connectivity index (χ3n) is 1.50. The lowest BCUT2D eigenvalue weighted by atomic mass is 10.1. The van der Waals surface area contributed by atoms with Crippen LogP contribution in [0.2, 0.25) is 0 Å². The number of alkyl halides is 5. The summed E-state index contributed by atoms with van der Waals surface area (Å²) in [5.41, 5.74) is -1.34. The zero-order valence-corrected chi connectivity index (χ0v) is 7.86. The lowest BCUT2D eigenvalue weighted by Gasteiger charge is -2.12. The van der Waals surface area contributed by atoms with Crippen LogP contribution < -0.4 is 0 Å². The van der Waals surface area contributed by atoms with Crippen LogP contribution in [0.25, 0.3) is 0 Å². The number of halogens is 5. The third kappa shape index (κ3) is 2.43. The highest BCUT2D eigenvalue weighted by Gasteiger charge is 2.31. The first-order valence-electron chi connectivity index (χ1n) is 3.37. The summed E-state index contributed by atoms with van der Waals surface area (Å²) in [6.45, 7) is 0. The maximum Gasteiger partial charge on any atom is 0.327 e. The van der Waals surface area contributed by atoms with Gasteiger partial charge in [-0.3, -0.25) is 0 Å². The Bertz CT molecular complexity index is 292. The van der Waals surface area contributed by atoms with E-state index >= 15 is 0 Å². The molecule has 0 nitrogen and oxygen atoms in total. The van der Waals surface area contributed by atoms with Crippen molar-refractivity contribution in [3.05, 3.63) is 35.4 Å². The van der Waals surface area contributed by atoms with Crippen LogP contribution in [0.3, 0.4) is 0 Å². The zero-order chi connectivity index (χ0) is 10.1. The summed E-state index contributed by atoms with van der Waals surface area (Å²) in [5.74, 6) is 0. The van der Waals surface area contributed by atoms with Crippen LogP contribution >= 0.6 is 15.9 Å². The zero-order valence-electron chi connectivity index (χ0n) is 6.28. The van der Waals surface area contributed by atoms with Gasteiger partial charge in [0.05, 0.1) is 0 Å². The van der Waals surface area contributed by atoms with E-state index in [4.69, 9.17) is 0 Å². The van der Waals surface area contributed by atoms with Crippen LogP contribution in [-0.4, -0.2) is 0 Å². The van der Waals surface area contributed by atoms with Gasteiger partial charge < -0.3 is 0 Å². The van der Waals surface area contributed by atoms with Gasteiger partial charge in [0, 0.05) is 11.1 Å². The van der Waals surface area contributed by atoms with Gasteiger partial charge in [0.1, 0.15) is 0 Å². The van der Waals surface area contributed by atoms with Crippen LogP contribution in [-0.2, 0) is 4.83 Å². The summed E-state index contributed by atoms with van der Waals surface area (Å²) >= 11 is 2.04. The number of hydrogen-bond acceptors (Lipinski definition) is 0. The highest BCUT2D eigenvalue weighted by molar-refractivity contribution is 9.09. The quantitative estimate of drug-likeness (QED) is 0.553. The first-order chi connectivity index (χ1) is 5.93. The van der Waals surface area contributed by atoms with E-state index < -0.39 is 22.4 Å². The van der Waals surface area contributed by atoms with E-state index in [9.17, 15) is 17.6 Å². The fraction of sp³-hybridized carbons (Fsp3) is 0.250. The minimum Gasteiger partial charge on any atom is -0.205 e. The molecule has 1 aromatic rings. The molecule has 5 heteroatoms. The van der Waals surface area contributed by atoms with Gasteiger partial charge in [-0.25, -0.2) is 8.78 Å². The second-order valence-corrected chi connectivity index (χ2v) is 3.38. The molecule has 0 saturated heterocycles. The molecular weight excluding hydrogens is 252 g/mol. The van der Waals surface area contributed by atoms with Crippen molar-refractivity contribution in [1.29, 1.82) is 0 Å². The first kappa shape index (κ1) is 10.5. The van der Waals surface area contributed by atoms with Crippen molar-refractivity contribution in [1.82, 2.24) is 0 Å². The fourth-order valence-corrected chi connectivity index (χ4v) is 1.31. The maximum atomic E-state index is 12.7. The van der Waals surface area contributed by atoms with E-state index in [1.807, 2.05) is 15.9 Å². The second-order valence-electron chi connectivity index (χ2n) is 2.39. The topological polar surface area (TPSA) is 0 Å². The molecule has 0 atom stereocenters. The van der Waals surface area contributed by atoms with Crippen LogP contribution in [0.5, 0.6) is 0 Å². The molecule has 0 radical (unpaired) electrons. The van der Waals surface area contributed by atoms with E-state index in [0.717, 1.165) is 12.1 Å². The van der Waals surface area contributed by atoms with Gasteiger partial charge in [-0.15, -0.1) is 0 Å². The first-order valence-corrected chi connectivity index (χ1v) is 4.16. The van der Waals surface area contributed by atoms with Crippen molar-refractivity contribution >= 4 is 15.9 Å². The average molecular weight is 257 g/mol. The molecule has 72 valence electrons. The average Bonchev–Trinajstić information content (AvgIpc) is 2.03. The van der Waals surface area contributed by atoms with E-state index in [1.54, 1.807) is 0 Å². The highest BCUT2D eigenvalue weighted by atomic mass is 79.9. The molecule has 0 bridgehead atoms. The highest BCUT2D eigenvalue weighted by Crippen LogP contribution is 2.39. The molecule has 0 aliphatic rings. The molecule has 0 amide bonds. The Morgan fingerprint density at radius 3 is 2.08 bits per heavy atom. The molecule has 0 aliphatic carbocycles. The molecule has 0 spiro atoms. The van der Waals surface area contributed by atoms with Gasteiger partial charge in [0.25, 0.3) is 6.43 Å². The van der Waals surface area contributed by atoms with Crippen LogP contribution in [0, 0.1) is 0 Å². The van der Waals surface area contributed by atoms with Crippen molar-refractivity contribution in [2.75, 3.05) is 0 Å². The molecule has 0 saturated carbocycles. The summed E-state index contributed by atoms with van der Waals surface area (Å²) in [5, 5.41) is 0. The Balaban J connectivity index is 3.20. The van der Waals surface area contributed by atoms with Gasteiger partial charge in [0.2, 0.25) is 0 Å². The SMILES string of the molecule is FC(F)c1ccccc1C(F)(F)Br. The Labute approximate surface area is 80.7 Å². The molecule has 0 heterocycles. The number of benzene rings is 1. The largest absolute Gasteiger partial charge is 0.327 e. The molecular formula is C8H5BrF4. The normalized spacial score (nSPS) is 12.2. The van der Waals surface area contributed by atoms with Crippen LogP contribution in [0.4, 0.5) is 17.6 Å². The predicted molar refractivity (Wildman–Crippen MR) is 44.2 cm³/mol. The standard InChI is InChI=1S/C8H5BrF4/c9-8(12,13)6-4-2-1-3-5(6)7(10)11/h1-4,7H. The smallest absolute Gasteiger partial charge is 0.205 e. The van der Waals surface area contributed by atoms with Crippen molar-refractivity contribution in [2.24, 2.45) is 0 Å². The predicted octanol–water partition coefficient (Wildman–Crippen LogP) is 4.07. The summed E-state index contributed by atoms with van der Waals surface area (Å²) in [6, 6.07) is 4.53. The maximum absolute atomic E-state index is 12.7. The minimum absolute atomic E-state index is 0.649. The van der Waals surface area contributed by atoms with Crippen molar-refractivity contribution in [3.63, 3.8) is 0 Å². The van der Waals surface area contributed by atoms with Gasteiger partial charge >= 0.3 is 4.83 Å². The third-order valence-corrected chi connectivity index (χ3v) is 1.93. The molecule has 0 fully saturated rings. The summed E-state index contributed by atoms with van der Waals surface area (Å²) in [6.07, 6.45) is -2.89. The Morgan fingerprint density at radius 2 is 1.69 bits per heavy atom. The van der Waals surface area contributed by atoms with Gasteiger partial charge in [-0.2, -0.15) is 8.78 Å². The van der Waals surface area contributed by atoms with Gasteiger partial charge in [0.15, 0.2) is 0 Å². The van der Waals surface area contributed by atoms with E-state index in [-0.39, 0.29) is 0 Å². The van der Waals surface area contributed by atoms with E-state index in [2.05, 4.69) is 0 Å². The lowest BCUT2D eigenvalue weighted by molar-refractivity contribution is 0.0999. The Hall–Kier alpha value is -0.580. The molecule has 0 aromatic heterocycles. The Kier molecular flexibility index (Phi) is 2.95. The second kappa shape index (κ2) is 3.65. The Morgan fingerprint density at radius 1 is 1.15 bits per heavy atom. The van der Waals surface area contributed by atoms with E-state index in [0.29, 0.717) is 0 Å². The molecule has 1 rings (SSSR count). The molecule has 13 heavy (non-hydrogen) atoms. The monoisotopic (exact) mass is 256 g/mol. The van der Waals surface area contributed by atoms with Gasteiger partial charge in [-0.1, -0.05) is 24.3 Å². The number of hydrogen-bond donors (Lipinski definition) is 0. The van der Waals surface area contributed by atoms with Gasteiger partial charge in [-0.05, 0) is 15.9 Å². The minimum atomic E-state index is -3.40. The van der Waals surface area contributed by atoms with Crippen LogP contribution in [0.15, 0.2) is 24.3 Å². The molecule has 0 unspecified atom stereocenters. The summed E-state index contributed by atoms with van der Waals surface area (Å²) in [7, 11) is 0.